The van der Waals surface area contributed by atoms with Gasteiger partial charge < -0.3 is 25.8 Å². The number of fused-ring (bicyclic) bond motifs is 1. The maximum atomic E-state index is 10.1. The summed E-state index contributed by atoms with van der Waals surface area (Å²) in [7, 11) is 0. The lowest BCUT2D eigenvalue weighted by molar-refractivity contribution is -0.0486. The molecule has 0 aliphatic carbocycles. The van der Waals surface area contributed by atoms with Crippen LogP contribution in [0.3, 0.4) is 0 Å². The summed E-state index contributed by atoms with van der Waals surface area (Å²) >= 11 is 0. The van der Waals surface area contributed by atoms with Crippen LogP contribution in [-0.4, -0.2) is 60.3 Å². The second kappa shape index (κ2) is 5.86. The number of nitrogens with two attached hydrogens (primary N) is 1. The minimum absolute atomic E-state index is 0.145. The third-order valence-electron chi connectivity index (χ3n) is 3.37. The summed E-state index contributed by atoms with van der Waals surface area (Å²) in [6.45, 7) is -0.492. The number of nitrogens with zero attached hydrogens (tertiary/aromatic N) is 4. The van der Waals surface area contributed by atoms with Crippen LogP contribution in [0.15, 0.2) is 6.33 Å². The van der Waals surface area contributed by atoms with Gasteiger partial charge in [0.05, 0.1) is 19.0 Å². The van der Waals surface area contributed by atoms with E-state index in [4.69, 9.17) is 20.7 Å². The molecule has 9 nitrogen and oxygen atoms in total. The highest BCUT2D eigenvalue weighted by atomic mass is 16.5. The fraction of sp³-hybridized carbons (Fsp3) is 0.462. The maximum absolute atomic E-state index is 10.1. The highest BCUT2D eigenvalue weighted by Gasteiger charge is 2.36. The molecule has 1 saturated heterocycles. The van der Waals surface area contributed by atoms with Crippen LogP contribution in [-0.2, 0) is 4.74 Å². The van der Waals surface area contributed by atoms with Gasteiger partial charge in [0.2, 0.25) is 5.82 Å². The van der Waals surface area contributed by atoms with Crippen molar-refractivity contribution in [1.82, 2.24) is 19.5 Å². The van der Waals surface area contributed by atoms with E-state index in [2.05, 4.69) is 26.8 Å². The number of anilines is 1. The van der Waals surface area contributed by atoms with Gasteiger partial charge in [0.1, 0.15) is 18.2 Å². The van der Waals surface area contributed by atoms with E-state index in [1.807, 2.05) is 0 Å². The summed E-state index contributed by atoms with van der Waals surface area (Å²) in [6.07, 6.45) is -0.177. The van der Waals surface area contributed by atoms with Crippen molar-refractivity contribution in [3.63, 3.8) is 0 Å². The largest absolute Gasteiger partial charge is 0.394 e. The minimum Gasteiger partial charge on any atom is -0.394 e. The summed E-state index contributed by atoms with van der Waals surface area (Å²) < 4.78 is 7.12. The Labute approximate surface area is 125 Å². The number of rotatable bonds is 2. The molecule has 0 aromatic carbocycles. The van der Waals surface area contributed by atoms with E-state index < -0.39 is 18.4 Å². The van der Waals surface area contributed by atoms with Crippen LogP contribution in [0.2, 0.25) is 0 Å². The van der Waals surface area contributed by atoms with Crippen molar-refractivity contribution < 1.29 is 20.1 Å². The molecular weight excluding hydrogens is 290 g/mol. The van der Waals surface area contributed by atoms with E-state index in [1.165, 1.54) is 10.9 Å². The molecule has 116 valence electrons. The van der Waals surface area contributed by atoms with Crippen LogP contribution in [0.1, 0.15) is 18.5 Å². The summed E-state index contributed by atoms with van der Waals surface area (Å²) in [5.41, 5.74) is 6.57. The van der Waals surface area contributed by atoms with Gasteiger partial charge in [-0.1, -0.05) is 5.92 Å². The Morgan fingerprint density at radius 2 is 2.23 bits per heavy atom. The number of hydrogen-bond donors (Lipinski definition) is 4. The molecule has 0 amide bonds. The molecule has 0 spiro atoms. The smallest absolute Gasteiger partial charge is 0.209 e. The van der Waals surface area contributed by atoms with Gasteiger partial charge in [0, 0.05) is 6.42 Å². The molecule has 1 aliphatic rings. The van der Waals surface area contributed by atoms with Crippen LogP contribution in [0.25, 0.3) is 11.2 Å². The summed E-state index contributed by atoms with van der Waals surface area (Å²) in [5, 5.41) is 28.0. The normalized spacial score (nSPS) is 24.4. The molecule has 2 aromatic rings. The molecule has 0 saturated carbocycles. The Morgan fingerprint density at radius 1 is 1.41 bits per heavy atom. The third-order valence-corrected chi connectivity index (χ3v) is 3.37. The molecule has 9 heteroatoms. The van der Waals surface area contributed by atoms with E-state index in [1.54, 1.807) is 0 Å². The lowest BCUT2D eigenvalue weighted by Crippen LogP contribution is -2.19. The fourth-order valence-corrected chi connectivity index (χ4v) is 2.40. The molecule has 1 aliphatic heterocycles. The van der Waals surface area contributed by atoms with E-state index in [-0.39, 0.29) is 24.9 Å². The topological polar surface area (TPSA) is 140 Å². The Balaban J connectivity index is 2.05. The quantitative estimate of drug-likeness (QED) is 0.486. The zero-order valence-electron chi connectivity index (χ0n) is 11.5. The first-order valence-electron chi connectivity index (χ1n) is 6.68. The average Bonchev–Trinajstić information content (AvgIpc) is 3.08. The maximum Gasteiger partial charge on any atom is 0.209 e. The highest BCUT2D eigenvalue weighted by Crippen LogP contribution is 2.31. The zero-order valence-corrected chi connectivity index (χ0v) is 11.5. The minimum atomic E-state index is -0.794. The van der Waals surface area contributed by atoms with Gasteiger partial charge in [-0.25, -0.2) is 15.0 Å². The Hall–Kier alpha value is -2.25. The van der Waals surface area contributed by atoms with Gasteiger partial charge in [0.15, 0.2) is 17.7 Å². The molecule has 3 heterocycles. The summed E-state index contributed by atoms with van der Waals surface area (Å²) in [4.78, 5) is 12.4. The first kappa shape index (κ1) is 14.7. The number of ether oxygens (including phenoxy) is 1. The van der Waals surface area contributed by atoms with Crippen molar-refractivity contribution in [2.24, 2.45) is 0 Å². The van der Waals surface area contributed by atoms with Crippen LogP contribution in [0.4, 0.5) is 5.82 Å². The van der Waals surface area contributed by atoms with Crippen LogP contribution in [0.5, 0.6) is 0 Å². The number of aliphatic hydroxyl groups is 3. The number of hydrogen-bond acceptors (Lipinski definition) is 8. The lowest BCUT2D eigenvalue weighted by atomic mass is 10.2. The van der Waals surface area contributed by atoms with Crippen molar-refractivity contribution >= 4 is 17.0 Å². The first-order chi connectivity index (χ1) is 10.6. The second-order valence-corrected chi connectivity index (χ2v) is 4.85. The molecule has 5 N–H and O–H groups in total. The number of aliphatic hydroxyl groups excluding tert-OH is 3. The van der Waals surface area contributed by atoms with Crippen molar-refractivity contribution in [1.29, 1.82) is 0 Å². The predicted octanol–water partition coefficient (Wildman–Crippen LogP) is -1.61. The molecule has 22 heavy (non-hydrogen) atoms. The fourth-order valence-electron chi connectivity index (χ4n) is 2.40. The van der Waals surface area contributed by atoms with E-state index in [9.17, 15) is 5.11 Å². The molecule has 3 rings (SSSR count). The first-order valence-corrected chi connectivity index (χ1v) is 6.68. The van der Waals surface area contributed by atoms with Crippen LogP contribution >= 0.6 is 0 Å². The van der Waals surface area contributed by atoms with Crippen LogP contribution < -0.4 is 5.73 Å². The molecule has 2 aromatic heterocycles. The Kier molecular flexibility index (Phi) is 3.91. The summed E-state index contributed by atoms with van der Waals surface area (Å²) in [6, 6.07) is 0. The van der Waals surface area contributed by atoms with E-state index >= 15 is 0 Å². The van der Waals surface area contributed by atoms with Gasteiger partial charge in [-0.05, 0) is 5.92 Å². The van der Waals surface area contributed by atoms with E-state index in [0.29, 0.717) is 17.6 Å². The van der Waals surface area contributed by atoms with Crippen molar-refractivity contribution in [3.05, 3.63) is 12.2 Å². The SMILES string of the molecule is Nc1nc(C#CCO)nc2c1ncn2[C@@H]1O[C@H](CO)C[C@H]1O. The Morgan fingerprint density at radius 3 is 2.91 bits per heavy atom. The van der Waals surface area contributed by atoms with Crippen molar-refractivity contribution in [2.45, 2.75) is 24.9 Å². The molecular formula is C13H15N5O4. The third kappa shape index (κ3) is 2.49. The Bertz CT molecular complexity index is 750. The molecule has 3 atom stereocenters. The van der Waals surface area contributed by atoms with Gasteiger partial charge >= 0.3 is 0 Å². The van der Waals surface area contributed by atoms with Crippen molar-refractivity contribution in [3.8, 4) is 11.8 Å². The number of nitrogen functional groups attached to an aromatic ring is 1. The standard InChI is InChI=1S/C13H15N5O4/c14-11-10-12(17-9(16-11)2-1-3-19)18(6-15-10)13-8(21)4-7(5-20)22-13/h6-8,13,19-21H,3-5H2,(H2,14,16,17)/t7-,8+,13+/m0/s1. The summed E-state index contributed by atoms with van der Waals surface area (Å²) in [5.74, 6) is 5.32. The molecule has 1 fully saturated rings. The van der Waals surface area contributed by atoms with Crippen LogP contribution in [0, 0.1) is 11.8 Å². The van der Waals surface area contributed by atoms with Gasteiger partial charge in [-0.2, -0.15) is 0 Å². The molecule has 0 radical (unpaired) electrons. The van der Waals surface area contributed by atoms with Gasteiger partial charge in [-0.15, -0.1) is 0 Å². The molecule has 0 bridgehead atoms. The zero-order chi connectivity index (χ0) is 15.7. The monoisotopic (exact) mass is 305 g/mol. The molecule has 0 unspecified atom stereocenters. The average molecular weight is 305 g/mol. The highest BCUT2D eigenvalue weighted by molar-refractivity contribution is 5.82. The predicted molar refractivity (Wildman–Crippen MR) is 75.3 cm³/mol. The van der Waals surface area contributed by atoms with Gasteiger partial charge in [-0.3, -0.25) is 4.57 Å². The second-order valence-electron chi connectivity index (χ2n) is 4.85. The van der Waals surface area contributed by atoms with E-state index in [0.717, 1.165) is 0 Å². The lowest BCUT2D eigenvalue weighted by Gasteiger charge is -2.16. The number of aromatic nitrogens is 4. The number of imidazole rings is 1. The van der Waals surface area contributed by atoms with Crippen molar-refractivity contribution in [2.75, 3.05) is 18.9 Å². The van der Waals surface area contributed by atoms with Gasteiger partial charge in [0.25, 0.3) is 0 Å².